The van der Waals surface area contributed by atoms with Crippen molar-refractivity contribution in [3.05, 3.63) is 54.1 Å². The van der Waals surface area contributed by atoms with Crippen LogP contribution in [0.2, 0.25) is 0 Å². The number of nitrogens with zero attached hydrogens (tertiary/aromatic N) is 1. The fourth-order valence-corrected chi connectivity index (χ4v) is 9.15. The van der Waals surface area contributed by atoms with E-state index >= 15 is 0 Å². The Morgan fingerprint density at radius 3 is 1.60 bits per heavy atom. The number of aromatic amines is 1. The molecule has 1 aromatic carbocycles. The lowest BCUT2D eigenvalue weighted by Gasteiger charge is -2.31. The predicted octanol–water partition coefficient (Wildman–Crippen LogP) is -2.97. The third-order valence-electron chi connectivity index (χ3n) is 15.7. The number of ether oxygens (including phenoxy) is 1. The molecule has 29 heteroatoms. The number of hydrogen-bond donors (Lipinski definition) is 15. The number of primary amides is 1. The Bertz CT molecular complexity index is 2650. The van der Waals surface area contributed by atoms with Crippen LogP contribution in [0.25, 0.3) is 0 Å². The largest absolute Gasteiger partial charge is 0.458 e. The Balaban J connectivity index is 1.85. The van der Waals surface area contributed by atoms with Gasteiger partial charge in [-0.3, -0.25) is 52.7 Å². The van der Waals surface area contributed by atoms with Crippen LogP contribution in [0, 0.1) is 23.7 Å². The number of aliphatic hydroxyl groups is 2. The fraction of sp³-hybridized carbons (Fsp3) is 0.638. The zero-order valence-corrected chi connectivity index (χ0v) is 51.6. The van der Waals surface area contributed by atoms with Crippen LogP contribution in [0.5, 0.6) is 0 Å². The van der Waals surface area contributed by atoms with Crippen molar-refractivity contribution >= 4 is 70.9 Å². The predicted molar refractivity (Wildman–Crippen MR) is 316 cm³/mol. The van der Waals surface area contributed by atoms with Gasteiger partial charge in [-0.05, 0) is 63.0 Å². The summed E-state index contributed by atoms with van der Waals surface area (Å²) in [4.78, 5) is 172. The van der Waals surface area contributed by atoms with Gasteiger partial charge < -0.3 is 84.2 Å². The number of cyclic esters (lactones) is 1. The first-order valence-electron chi connectivity index (χ1n) is 29.6. The number of carbonyl (C=O) groups is 12. The number of imidazole rings is 1. The third-order valence-corrected chi connectivity index (χ3v) is 15.7. The van der Waals surface area contributed by atoms with E-state index in [1.165, 1.54) is 26.2 Å². The van der Waals surface area contributed by atoms with Gasteiger partial charge in [-0.2, -0.15) is 0 Å². The smallest absolute Gasteiger partial charge is 0.329 e. The summed E-state index contributed by atoms with van der Waals surface area (Å²) in [5, 5.41) is 49.3. The van der Waals surface area contributed by atoms with E-state index in [4.69, 9.17) is 10.5 Å². The lowest BCUT2D eigenvalue weighted by molar-refractivity contribution is -0.157. The van der Waals surface area contributed by atoms with Crippen LogP contribution in [0.3, 0.4) is 0 Å². The van der Waals surface area contributed by atoms with E-state index in [-0.39, 0.29) is 19.3 Å². The highest BCUT2D eigenvalue weighted by Gasteiger charge is 2.41. The number of esters is 1. The topological polar surface area (TPSA) is 442 Å². The third kappa shape index (κ3) is 22.3. The van der Waals surface area contributed by atoms with Gasteiger partial charge in [0.1, 0.15) is 72.3 Å². The Labute approximate surface area is 507 Å². The van der Waals surface area contributed by atoms with Crippen molar-refractivity contribution < 1.29 is 72.5 Å². The van der Waals surface area contributed by atoms with Gasteiger partial charge in [-0.25, -0.2) is 9.78 Å². The maximum absolute atomic E-state index is 14.4. The van der Waals surface area contributed by atoms with Gasteiger partial charge in [0.25, 0.3) is 0 Å². The van der Waals surface area contributed by atoms with Crippen molar-refractivity contribution in [1.29, 1.82) is 0 Å². The number of rotatable bonds is 32. The molecule has 2 aromatic rings. The number of likely N-dealkylation sites (N-methyl/N-ethyl adjacent to an activating group) is 1. The van der Waals surface area contributed by atoms with Gasteiger partial charge in [0.2, 0.25) is 65.0 Å². The van der Waals surface area contributed by atoms with E-state index in [0.717, 1.165) is 5.56 Å². The van der Waals surface area contributed by atoms with E-state index < -0.39 is 193 Å². The van der Waals surface area contributed by atoms with Gasteiger partial charge >= 0.3 is 5.97 Å². The van der Waals surface area contributed by atoms with E-state index in [1.807, 2.05) is 30.3 Å². The summed E-state index contributed by atoms with van der Waals surface area (Å²) in [5.41, 5.74) is 6.31. The minimum absolute atomic E-state index is 0.119. The van der Waals surface area contributed by atoms with Crippen LogP contribution in [0.15, 0.2) is 42.7 Å². The molecule has 29 nitrogen and oxygen atoms in total. The monoisotopic (exact) mass is 1220 g/mol. The first kappa shape index (κ1) is 73.2. The van der Waals surface area contributed by atoms with E-state index in [0.29, 0.717) is 25.1 Å². The van der Waals surface area contributed by atoms with Crippen LogP contribution in [-0.2, 0) is 75.1 Å². The molecule has 1 saturated heterocycles. The van der Waals surface area contributed by atoms with Gasteiger partial charge in [-0.15, -0.1) is 0 Å². The van der Waals surface area contributed by atoms with E-state index in [1.54, 1.807) is 62.4 Å². The Hall–Kier alpha value is -8.05. The standard InChI is InChI=1S/C58H92N14O15/c1-12-29(5)43(69-50(78)37(60-11)25-35-19-17-16-18-20-35)54(82)66-39(27-73)52(80)64-36(21-22-41(59)75)49(77)68-45(31(7)14-3)56(84)70-44(30(6)13-2)55(83)67-40(28-74)53(81)72-47-34(10)87-58(86)46(32(8)15-4)71-51(79)38(26-42-61-23-24-62-42)65-48(76)33(9)63-57(47)85/h16-20,23-24,29-34,36-40,43-47,60,73-74H,12-15,21-22,25-28H2,1-11H3,(H2,59,75)(H,61,62)(H,63,85)(H,64,80)(H,65,76)(H,66,82)(H,67,83)(H,68,77)(H,69,78)(H,70,84)(H,71,79)(H,72,81)/t29-,30-,31-,32-,33-,34-,36+,37+,38-,39-,40-,43-,44-,45+,46-,47+/m0/s1. The molecule has 484 valence electrons. The molecule has 0 saturated carbocycles. The van der Waals surface area contributed by atoms with E-state index in [2.05, 4.69) is 68.5 Å². The first-order valence-corrected chi connectivity index (χ1v) is 29.6. The summed E-state index contributed by atoms with van der Waals surface area (Å²) in [6.45, 7) is 14.1. The van der Waals surface area contributed by atoms with Crippen molar-refractivity contribution in [2.75, 3.05) is 20.3 Å². The number of amides is 11. The van der Waals surface area contributed by atoms with Crippen LogP contribution in [-0.4, -0.2) is 184 Å². The molecule has 3 rings (SSSR count). The average molecular weight is 1230 g/mol. The molecular weight excluding hydrogens is 1130 g/mol. The Morgan fingerprint density at radius 2 is 1.11 bits per heavy atom. The van der Waals surface area contributed by atoms with Crippen LogP contribution >= 0.6 is 0 Å². The molecule has 1 aliphatic heterocycles. The first-order chi connectivity index (χ1) is 41.2. The van der Waals surface area contributed by atoms with Crippen LogP contribution in [0.1, 0.15) is 119 Å². The second-order valence-electron chi connectivity index (χ2n) is 22.2. The summed E-state index contributed by atoms with van der Waals surface area (Å²) < 4.78 is 5.71. The summed E-state index contributed by atoms with van der Waals surface area (Å²) in [6.07, 6.45) is 2.12. The maximum atomic E-state index is 14.4. The number of nitrogens with two attached hydrogens (primary N) is 1. The molecule has 0 unspecified atom stereocenters. The highest BCUT2D eigenvalue weighted by molar-refractivity contribution is 5.99. The lowest BCUT2D eigenvalue weighted by Crippen LogP contribution is -2.63. The number of benzene rings is 1. The van der Waals surface area contributed by atoms with Crippen molar-refractivity contribution in [3.63, 3.8) is 0 Å². The molecule has 1 aromatic heterocycles. The Kier molecular flexibility index (Phi) is 30.4. The molecule has 16 N–H and O–H groups in total. The van der Waals surface area contributed by atoms with Crippen molar-refractivity contribution in [1.82, 2.24) is 68.5 Å². The average Bonchev–Trinajstić information content (AvgIpc) is 3.35. The number of H-pyrrole nitrogens is 1. The zero-order chi connectivity index (χ0) is 65.2. The highest BCUT2D eigenvalue weighted by Crippen LogP contribution is 2.17. The van der Waals surface area contributed by atoms with Crippen molar-refractivity contribution in [2.24, 2.45) is 29.4 Å². The molecule has 1 aliphatic rings. The molecule has 2 heterocycles. The summed E-state index contributed by atoms with van der Waals surface area (Å²) in [6, 6.07) is -6.39. The molecule has 0 aliphatic carbocycles. The summed E-state index contributed by atoms with van der Waals surface area (Å²) in [7, 11) is 1.60. The lowest BCUT2D eigenvalue weighted by atomic mass is 9.94. The number of aromatic nitrogens is 2. The van der Waals surface area contributed by atoms with Gasteiger partial charge in [0, 0.05) is 25.2 Å². The molecule has 11 amide bonds. The molecule has 16 atom stereocenters. The van der Waals surface area contributed by atoms with E-state index in [9.17, 15) is 67.7 Å². The number of nitrogens with one attached hydrogen (secondary N) is 12. The maximum Gasteiger partial charge on any atom is 0.329 e. The van der Waals surface area contributed by atoms with Gasteiger partial charge in [0.15, 0.2) is 0 Å². The zero-order valence-electron chi connectivity index (χ0n) is 51.6. The Morgan fingerprint density at radius 1 is 0.621 bits per heavy atom. The minimum atomic E-state index is -1.82. The molecule has 0 bridgehead atoms. The molecule has 0 spiro atoms. The summed E-state index contributed by atoms with van der Waals surface area (Å²) in [5.74, 6) is -12.9. The van der Waals surface area contributed by atoms with Crippen molar-refractivity contribution in [2.45, 2.75) is 193 Å². The minimum Gasteiger partial charge on any atom is -0.458 e. The summed E-state index contributed by atoms with van der Waals surface area (Å²) >= 11 is 0. The number of carbonyl (C=O) groups excluding carboxylic acids is 12. The van der Waals surface area contributed by atoms with Crippen LogP contribution < -0.4 is 64.2 Å². The molecule has 1 fully saturated rings. The molecule has 87 heavy (non-hydrogen) atoms. The quantitative estimate of drug-likeness (QED) is 0.0325. The second kappa shape index (κ2) is 36.2. The van der Waals surface area contributed by atoms with Gasteiger partial charge in [0.05, 0.1) is 19.3 Å². The number of aliphatic hydroxyl groups excluding tert-OH is 2. The normalized spacial score (nSPS) is 21.2. The highest BCUT2D eigenvalue weighted by atomic mass is 16.5. The SMILES string of the molecule is CC[C@H](C)[C@H](NC(=O)[C@@H](Cc1ccccc1)NC)C(=O)N[C@@H](CO)C(=O)N[C@H](CCC(N)=O)C(=O)N[C@@H](C(=O)N[C@H](C(=O)N[C@@H](CO)C(=O)N[C@H]1C(=O)N[C@@H](C)C(=O)N[C@@H](Cc2ncc[nH]2)C(=O)N[C@@H]([C@@H](C)CC)C(=O)O[C@H]1C)[C@@H](C)CC)[C@@H](C)CC. The fourth-order valence-electron chi connectivity index (χ4n) is 9.15. The second-order valence-corrected chi connectivity index (χ2v) is 22.2. The van der Waals surface area contributed by atoms with Gasteiger partial charge in [-0.1, -0.05) is 111 Å². The van der Waals surface area contributed by atoms with Crippen molar-refractivity contribution in [3.8, 4) is 0 Å². The van der Waals surface area contributed by atoms with Crippen LogP contribution in [0.4, 0.5) is 0 Å². The molecule has 0 radical (unpaired) electrons. The molecular formula is C58H92N14O15. The number of hydrogen-bond acceptors (Lipinski definition) is 17.